The summed E-state index contributed by atoms with van der Waals surface area (Å²) in [4.78, 5) is -0.0666. The van der Waals surface area contributed by atoms with Crippen molar-refractivity contribution in [2.75, 3.05) is 0 Å². The fourth-order valence-corrected chi connectivity index (χ4v) is 2.13. The number of halogens is 3. The molecule has 5 N–H and O–H groups in total. The van der Waals surface area contributed by atoms with E-state index in [0.29, 0.717) is 5.56 Å². The number of benzene rings is 2. The van der Waals surface area contributed by atoms with Crippen molar-refractivity contribution in [3.8, 4) is 0 Å². The predicted molar refractivity (Wildman–Crippen MR) is 96.6 cm³/mol. The Kier molecular flexibility index (Phi) is 8.10. The molecule has 2 rings (SSSR count). The molecule has 0 saturated carbocycles. The SMILES string of the molecule is Cc1ccc(S(=O)(=O)O)cc1.N/C(=N\N=Cc1ccc(C(F)(F)F)cc1)NO. The molecule has 0 unspecified atom stereocenters. The van der Waals surface area contributed by atoms with Crippen LogP contribution in [0.25, 0.3) is 0 Å². The highest BCUT2D eigenvalue weighted by Gasteiger charge is 2.29. The van der Waals surface area contributed by atoms with E-state index in [4.69, 9.17) is 15.5 Å². The van der Waals surface area contributed by atoms with Crippen molar-refractivity contribution in [2.24, 2.45) is 15.9 Å². The third-order valence-corrected chi connectivity index (χ3v) is 3.91. The van der Waals surface area contributed by atoms with Crippen LogP contribution in [0.15, 0.2) is 63.6 Å². The summed E-state index contributed by atoms with van der Waals surface area (Å²) >= 11 is 0. The quantitative estimate of drug-likeness (QED) is 0.262. The predicted octanol–water partition coefficient (Wildman–Crippen LogP) is 2.57. The lowest BCUT2D eigenvalue weighted by Gasteiger charge is -2.05. The lowest BCUT2D eigenvalue weighted by atomic mass is 10.1. The van der Waals surface area contributed by atoms with Crippen LogP contribution in [-0.2, 0) is 16.3 Å². The fraction of sp³-hybridized carbons (Fsp3) is 0.125. The van der Waals surface area contributed by atoms with Gasteiger partial charge < -0.3 is 5.73 Å². The molecule has 2 aromatic rings. The average molecular weight is 418 g/mol. The molecule has 0 aliphatic heterocycles. The molecule has 0 aromatic heterocycles. The van der Waals surface area contributed by atoms with E-state index in [1.54, 1.807) is 17.6 Å². The highest BCUT2D eigenvalue weighted by Crippen LogP contribution is 2.28. The molecular weight excluding hydrogens is 401 g/mol. The second kappa shape index (κ2) is 9.82. The van der Waals surface area contributed by atoms with Gasteiger partial charge in [0.05, 0.1) is 16.7 Å². The normalized spacial score (nSPS) is 12.4. The van der Waals surface area contributed by atoms with E-state index in [2.05, 4.69) is 10.2 Å². The monoisotopic (exact) mass is 418 g/mol. The third kappa shape index (κ3) is 8.16. The van der Waals surface area contributed by atoms with Crippen LogP contribution >= 0.6 is 0 Å². The second-order valence-corrected chi connectivity index (χ2v) is 6.67. The zero-order valence-electron chi connectivity index (χ0n) is 14.4. The Hall–Kier alpha value is -2.96. The molecule has 0 spiro atoms. The first kappa shape index (κ1) is 23.1. The van der Waals surface area contributed by atoms with Crippen LogP contribution in [0.4, 0.5) is 13.2 Å². The van der Waals surface area contributed by atoms with Crippen molar-refractivity contribution in [1.29, 1.82) is 0 Å². The van der Waals surface area contributed by atoms with E-state index in [1.165, 1.54) is 30.5 Å². The van der Waals surface area contributed by atoms with Gasteiger partial charge in [-0.3, -0.25) is 9.76 Å². The first-order chi connectivity index (χ1) is 12.9. The standard InChI is InChI=1S/C9H9F3N4O.C7H8O3S/c10-9(11,12)7-3-1-6(2-4-7)5-14-15-8(13)16-17;1-6-2-4-7(5-3-6)11(8,9)10/h1-5,17H,(H3,13,15,16);2-5H,1H3,(H,8,9,10). The van der Waals surface area contributed by atoms with E-state index in [-0.39, 0.29) is 10.9 Å². The molecule has 0 heterocycles. The molecule has 2 aromatic carbocycles. The van der Waals surface area contributed by atoms with Crippen LogP contribution in [-0.4, -0.2) is 30.4 Å². The summed E-state index contributed by atoms with van der Waals surface area (Å²) in [5.41, 5.74) is 7.23. The maximum atomic E-state index is 12.2. The van der Waals surface area contributed by atoms with Gasteiger partial charge in [0.2, 0.25) is 5.96 Å². The van der Waals surface area contributed by atoms with Gasteiger partial charge in [-0.05, 0) is 36.8 Å². The smallest absolute Gasteiger partial charge is 0.367 e. The van der Waals surface area contributed by atoms with E-state index in [0.717, 1.165) is 17.7 Å². The van der Waals surface area contributed by atoms with Crippen LogP contribution in [0.2, 0.25) is 0 Å². The molecule has 0 amide bonds. The van der Waals surface area contributed by atoms with Crippen LogP contribution < -0.4 is 11.2 Å². The fourth-order valence-electron chi connectivity index (χ4n) is 1.65. The molecule has 0 aliphatic rings. The summed E-state index contributed by atoms with van der Waals surface area (Å²) in [7, 11) is -4.02. The largest absolute Gasteiger partial charge is 0.416 e. The minimum Gasteiger partial charge on any atom is -0.367 e. The number of guanidine groups is 1. The Bertz CT molecular complexity index is 926. The Morgan fingerprint density at radius 1 is 1.11 bits per heavy atom. The summed E-state index contributed by atoms with van der Waals surface area (Å²) in [6.07, 6.45) is -3.16. The van der Waals surface area contributed by atoms with E-state index in [1.807, 2.05) is 6.92 Å². The number of aryl methyl sites for hydroxylation is 1. The Morgan fingerprint density at radius 2 is 1.64 bits per heavy atom. The topological polar surface area (TPSA) is 137 Å². The maximum absolute atomic E-state index is 12.2. The lowest BCUT2D eigenvalue weighted by Crippen LogP contribution is -2.27. The van der Waals surface area contributed by atoms with Crippen LogP contribution in [0.3, 0.4) is 0 Å². The van der Waals surface area contributed by atoms with Crippen molar-refractivity contribution < 1.29 is 31.3 Å². The molecule has 12 heteroatoms. The van der Waals surface area contributed by atoms with Gasteiger partial charge in [-0.15, -0.1) is 5.10 Å². The molecule has 8 nitrogen and oxygen atoms in total. The average Bonchev–Trinajstić information content (AvgIpc) is 2.61. The number of nitrogens with one attached hydrogen (secondary N) is 1. The van der Waals surface area contributed by atoms with Crippen molar-refractivity contribution in [1.82, 2.24) is 5.48 Å². The molecule has 28 heavy (non-hydrogen) atoms. The van der Waals surface area contributed by atoms with Gasteiger partial charge in [0.15, 0.2) is 0 Å². The van der Waals surface area contributed by atoms with E-state index < -0.39 is 21.9 Å². The van der Waals surface area contributed by atoms with Crippen molar-refractivity contribution in [3.05, 3.63) is 65.2 Å². The highest BCUT2D eigenvalue weighted by atomic mass is 32.2. The van der Waals surface area contributed by atoms with Gasteiger partial charge in [-0.1, -0.05) is 29.8 Å². The first-order valence-corrected chi connectivity index (χ1v) is 8.85. The molecule has 0 aliphatic carbocycles. The van der Waals surface area contributed by atoms with Gasteiger partial charge in [-0.2, -0.15) is 26.7 Å². The molecule has 0 atom stereocenters. The molecule has 0 bridgehead atoms. The number of alkyl halides is 3. The minimum atomic E-state index is -4.36. The van der Waals surface area contributed by atoms with Gasteiger partial charge in [0.25, 0.3) is 10.1 Å². The summed E-state index contributed by atoms with van der Waals surface area (Å²) in [5.74, 6) is -0.326. The second-order valence-electron chi connectivity index (χ2n) is 5.25. The molecular formula is C16H17F3N4O4S. The minimum absolute atomic E-state index is 0.0666. The zero-order valence-corrected chi connectivity index (χ0v) is 15.2. The van der Waals surface area contributed by atoms with Crippen LogP contribution in [0.5, 0.6) is 0 Å². The summed E-state index contributed by atoms with van der Waals surface area (Å²) in [6.45, 7) is 1.84. The number of hydrogen-bond acceptors (Lipinski definition) is 5. The van der Waals surface area contributed by atoms with Crippen molar-refractivity contribution >= 4 is 22.3 Å². The highest BCUT2D eigenvalue weighted by molar-refractivity contribution is 7.85. The van der Waals surface area contributed by atoms with Crippen molar-refractivity contribution in [3.63, 3.8) is 0 Å². The number of nitrogens with zero attached hydrogens (tertiary/aromatic N) is 2. The zero-order chi connectivity index (χ0) is 21.4. The van der Waals surface area contributed by atoms with Crippen LogP contribution in [0, 0.1) is 6.92 Å². The molecule has 0 saturated heterocycles. The number of rotatable bonds is 3. The summed E-state index contributed by atoms with van der Waals surface area (Å²) < 4.78 is 66.2. The van der Waals surface area contributed by atoms with Gasteiger partial charge in [0.1, 0.15) is 0 Å². The van der Waals surface area contributed by atoms with Gasteiger partial charge in [0, 0.05) is 0 Å². The van der Waals surface area contributed by atoms with Crippen LogP contribution in [0.1, 0.15) is 16.7 Å². The molecule has 152 valence electrons. The van der Waals surface area contributed by atoms with Crippen molar-refractivity contribution in [2.45, 2.75) is 18.0 Å². The number of hydrogen-bond donors (Lipinski definition) is 4. The number of hydroxylamine groups is 1. The summed E-state index contributed by atoms with van der Waals surface area (Å²) in [6, 6.07) is 10.3. The molecule has 0 radical (unpaired) electrons. The lowest BCUT2D eigenvalue weighted by molar-refractivity contribution is -0.137. The number of nitrogens with two attached hydrogens (primary N) is 1. The summed E-state index contributed by atoms with van der Waals surface area (Å²) in [5, 5.41) is 15.0. The van der Waals surface area contributed by atoms with E-state index in [9.17, 15) is 21.6 Å². The van der Waals surface area contributed by atoms with Gasteiger partial charge in [-0.25, -0.2) is 5.48 Å². The van der Waals surface area contributed by atoms with E-state index >= 15 is 0 Å². The Morgan fingerprint density at radius 3 is 2.07 bits per heavy atom. The Balaban J connectivity index is 0.000000307. The van der Waals surface area contributed by atoms with Gasteiger partial charge >= 0.3 is 6.18 Å². The maximum Gasteiger partial charge on any atom is 0.416 e. The first-order valence-electron chi connectivity index (χ1n) is 7.41. The Labute approximate surface area is 158 Å². The molecule has 0 fully saturated rings. The third-order valence-electron chi connectivity index (χ3n) is 3.04.